The number of hydrogen-bond donors (Lipinski definition) is 0. The van der Waals surface area contributed by atoms with Crippen LogP contribution in [0.5, 0.6) is 46.0 Å². The maximum atomic E-state index is 16.0. The quantitative estimate of drug-likeness (QED) is 0.0208. The van der Waals surface area contributed by atoms with Gasteiger partial charge in [-0.3, -0.25) is 18.7 Å². The Kier molecular flexibility index (Phi) is 65.0. The molecule has 0 N–H and O–H groups in total. The second kappa shape index (κ2) is 73.1. The van der Waals surface area contributed by atoms with Crippen LogP contribution in [0, 0.1) is 17.7 Å². The molecule has 5 aromatic rings. The minimum absolute atomic E-state index is 0.111. The van der Waals surface area contributed by atoms with E-state index in [0.717, 1.165) is 122 Å². The van der Waals surface area contributed by atoms with Crippen LogP contribution in [0.25, 0.3) is 22.5 Å². The Hall–Kier alpha value is -5.46. The number of esters is 2. The zero-order valence-electron chi connectivity index (χ0n) is 74.9. The van der Waals surface area contributed by atoms with E-state index in [1.165, 1.54) is 306 Å². The molecule has 3 aromatic carbocycles. The first-order valence-corrected chi connectivity index (χ1v) is 51.0. The van der Waals surface area contributed by atoms with Crippen molar-refractivity contribution in [1.29, 1.82) is 0 Å². The molecule has 0 fully saturated rings. The number of benzene rings is 3. The van der Waals surface area contributed by atoms with Gasteiger partial charge in [-0.05, 0) is 74.9 Å². The van der Waals surface area contributed by atoms with Crippen molar-refractivity contribution < 1.29 is 75.0 Å². The number of halogens is 3. The number of rotatable bonds is 78. The molecule has 118 heavy (non-hydrogen) atoms. The minimum atomic E-state index is -0.894. The Balaban J connectivity index is 0.0000145. The van der Waals surface area contributed by atoms with Gasteiger partial charge < -0.3 is 37.9 Å². The number of unbranched alkanes of at least 4 members (excludes halogenated alkanes) is 54. The van der Waals surface area contributed by atoms with E-state index in [1.807, 2.05) is 0 Å². The van der Waals surface area contributed by atoms with Crippen LogP contribution in [-0.4, -0.2) is 61.5 Å². The molecule has 0 aliphatic rings. The Morgan fingerprint density at radius 2 is 0.483 bits per heavy atom. The molecule has 0 unspecified atom stereocenters. The molecule has 0 aliphatic heterocycles. The van der Waals surface area contributed by atoms with Gasteiger partial charge in [-0.1, -0.05) is 418 Å². The number of ether oxygens (including phenoxy) is 8. The first-order chi connectivity index (χ1) is 58.1. The zero-order valence-corrected chi connectivity index (χ0v) is 78.0. The number of nitrogens with zero attached hydrogens (tertiary/aromatic N) is 2. The number of carbonyl (C=O) groups is 2. The van der Waals surface area contributed by atoms with Crippen LogP contribution < -0.4 is 37.9 Å². The number of carbonyl (C=O) groups excluding carboxylic acids is 2. The van der Waals surface area contributed by atoms with Crippen molar-refractivity contribution in [2.45, 2.75) is 427 Å². The Bertz CT molecular complexity index is 2950. The van der Waals surface area contributed by atoms with Gasteiger partial charge in [-0.15, -0.1) is 6.07 Å². The molecule has 16 heteroatoms. The second-order valence-corrected chi connectivity index (χ2v) is 33.0. The van der Waals surface area contributed by atoms with Crippen LogP contribution in [0.15, 0.2) is 67.0 Å². The van der Waals surface area contributed by atoms with Crippen LogP contribution in [0.4, 0.5) is 8.78 Å². The molecule has 0 radical (unpaired) electrons. The third kappa shape index (κ3) is 49.0. The van der Waals surface area contributed by atoms with E-state index in [0.29, 0.717) is 74.1 Å². The fraction of sp³-hybridized carbons (Fsp3) is 0.706. The maximum absolute atomic E-state index is 16.0. The topological polar surface area (TPSA) is 134 Å². The molecule has 0 atom stereocenters. The summed E-state index contributed by atoms with van der Waals surface area (Å²) in [7, 11) is 4.61. The van der Waals surface area contributed by atoms with Gasteiger partial charge >= 0.3 is 40.1 Å². The average molecular weight is 1840 g/mol. The van der Waals surface area contributed by atoms with E-state index >= 15 is 8.78 Å². The van der Waals surface area contributed by atoms with Gasteiger partial charge in [-0.25, -0.2) is 9.59 Å². The SMILES string of the molecule is CCCCCCCCCCCCOc1cc(C(=O)Oc2ccc(-c3[c-]c(-c4ccc(OC(=O)c5cc(OCCCCCCCCCCCC)c(OCCCCCCCCCCCC)c(OCCCCCCCCCCCC)c5)cn4)c(F)cc3F)nc2)cc(OCCCCCCCCCCCC)c1OCCCCCCCCCCCC.[Cl][Pt+]. The van der Waals surface area contributed by atoms with Crippen LogP contribution in [0.3, 0.4) is 0 Å². The van der Waals surface area contributed by atoms with Crippen LogP contribution >= 0.6 is 9.42 Å². The van der Waals surface area contributed by atoms with Crippen LogP contribution in [-0.2, 0) is 18.8 Å². The molecule has 0 saturated heterocycles. The Labute approximate surface area is 732 Å². The molecular weight excluding hydrogens is 1680 g/mol. The predicted octanol–water partition coefficient (Wildman–Crippen LogP) is 32.8. The fourth-order valence-corrected chi connectivity index (χ4v) is 15.1. The Morgan fingerprint density at radius 1 is 0.288 bits per heavy atom. The molecule has 0 spiro atoms. The van der Waals surface area contributed by atoms with Gasteiger partial charge in [-0.2, -0.15) is 0 Å². The van der Waals surface area contributed by atoms with Crippen LogP contribution in [0.1, 0.15) is 448 Å². The van der Waals surface area contributed by atoms with Gasteiger partial charge in [0.25, 0.3) is 0 Å². The molecule has 0 bridgehead atoms. The Morgan fingerprint density at radius 3 is 0.678 bits per heavy atom. The van der Waals surface area contributed by atoms with E-state index in [9.17, 15) is 9.59 Å². The van der Waals surface area contributed by atoms with Crippen molar-refractivity contribution in [3.05, 3.63) is 95.8 Å². The first-order valence-electron chi connectivity index (χ1n) is 48.2. The van der Waals surface area contributed by atoms with Gasteiger partial charge in [0, 0.05) is 11.4 Å². The normalized spacial score (nSPS) is 11.2. The molecule has 2 heterocycles. The average Bonchev–Trinajstić information content (AvgIpc) is 0.814. The summed E-state index contributed by atoms with van der Waals surface area (Å²) < 4.78 is 83.6. The molecule has 0 aliphatic carbocycles. The number of aromatic nitrogens is 2. The van der Waals surface area contributed by atoms with Crippen molar-refractivity contribution in [1.82, 2.24) is 9.97 Å². The van der Waals surface area contributed by atoms with E-state index in [-0.39, 0.29) is 45.1 Å². The summed E-state index contributed by atoms with van der Waals surface area (Å²) in [5, 5.41) is 0. The van der Waals surface area contributed by atoms with Gasteiger partial charge in [0.2, 0.25) is 11.5 Å². The summed E-state index contributed by atoms with van der Waals surface area (Å²) in [4.78, 5) is 37.8. The first kappa shape index (κ1) is 105. The van der Waals surface area contributed by atoms with E-state index in [1.54, 1.807) is 43.0 Å². The molecule has 670 valence electrons. The van der Waals surface area contributed by atoms with Gasteiger partial charge in [0.1, 0.15) is 11.5 Å². The molecule has 0 saturated carbocycles. The molecule has 12 nitrogen and oxygen atoms in total. The van der Waals surface area contributed by atoms with E-state index < -0.39 is 23.6 Å². The van der Waals surface area contributed by atoms with Crippen molar-refractivity contribution >= 4 is 21.4 Å². The monoisotopic (exact) mass is 1840 g/mol. The number of pyridine rings is 2. The van der Waals surface area contributed by atoms with Crippen molar-refractivity contribution in [3.8, 4) is 68.5 Å². The third-order valence-corrected chi connectivity index (χ3v) is 22.4. The predicted molar refractivity (Wildman–Crippen MR) is 484 cm³/mol. The van der Waals surface area contributed by atoms with E-state index in [4.69, 9.17) is 37.9 Å². The molecule has 5 rings (SSSR count). The summed E-state index contributed by atoms with van der Waals surface area (Å²) in [5.74, 6) is -0.0785. The zero-order chi connectivity index (χ0) is 84.6. The van der Waals surface area contributed by atoms with Gasteiger partial charge in [0.15, 0.2) is 23.0 Å². The number of hydrogen-bond acceptors (Lipinski definition) is 12. The summed E-state index contributed by atoms with van der Waals surface area (Å²) >= 11 is 1.61. The fourth-order valence-electron chi connectivity index (χ4n) is 15.1. The van der Waals surface area contributed by atoms with Crippen molar-refractivity contribution in [3.63, 3.8) is 0 Å². The molecular formula is C102H161ClF2N2O10Pt. The van der Waals surface area contributed by atoms with Crippen molar-refractivity contribution in [2.75, 3.05) is 39.6 Å². The van der Waals surface area contributed by atoms with E-state index in [2.05, 4.69) is 67.0 Å². The summed E-state index contributed by atoms with van der Waals surface area (Å²) in [6.07, 6.45) is 74.9. The molecule has 0 amide bonds. The van der Waals surface area contributed by atoms with Crippen LogP contribution in [0.2, 0.25) is 0 Å². The summed E-state index contributed by atoms with van der Waals surface area (Å²) in [6, 6.07) is 16.5. The molecule has 2 aromatic heterocycles. The van der Waals surface area contributed by atoms with Gasteiger partial charge in [0.05, 0.1) is 74.8 Å². The summed E-state index contributed by atoms with van der Waals surface area (Å²) in [5.41, 5.74) is 0.459. The standard InChI is InChI=1S/C102H161F2N2O10.ClH.Pt/c1-7-13-19-25-31-37-43-49-55-61-71-109-95-77-85(78-96(110-72-62-56-50-44-38-32-26-20-14-8-2)99(95)113-75-65-59-53-47-41-35-29-23-17-11-5)101(107)115-87-67-69-93(105-83-87)89-81-90(92(104)82-91(89)103)94-70-68-88(84-106-94)116-102(108)86-79-97(111-73-63-57-51-45-39-33-27-21-15-9-3)100(114-76-66-60-54-48-42-36-30-24-18-12-6)98(80-86)112-74-64-58-52-46-40-34-28-22-16-10-4;;/h67-70,77-80,82-84H,7-66,71-76H2,1-6H3;1H;/q-1;;+2/p-1. The van der Waals surface area contributed by atoms with Crippen molar-refractivity contribution in [2.24, 2.45) is 0 Å². The third-order valence-electron chi connectivity index (χ3n) is 22.4. The second-order valence-electron chi connectivity index (χ2n) is 33.0. The summed E-state index contributed by atoms with van der Waals surface area (Å²) in [6.45, 7) is 16.4.